The Labute approximate surface area is 214 Å². The van der Waals surface area contributed by atoms with Gasteiger partial charge in [-0.3, -0.25) is 9.59 Å². The zero-order valence-corrected chi connectivity index (χ0v) is 20.7. The Morgan fingerprint density at radius 1 is 0.973 bits per heavy atom. The van der Waals surface area contributed by atoms with E-state index in [1.807, 2.05) is 61.7 Å². The maximum Gasteiger partial charge on any atom is 0.295 e. The predicted octanol–water partition coefficient (Wildman–Crippen LogP) is 5.24. The minimum absolute atomic E-state index is 0.0678. The molecule has 0 radical (unpaired) electrons. The van der Waals surface area contributed by atoms with Crippen LogP contribution in [-0.2, 0) is 16.0 Å². The number of ether oxygens (including phenoxy) is 2. The molecule has 5 rings (SSSR count). The third kappa shape index (κ3) is 4.56. The highest BCUT2D eigenvalue weighted by Gasteiger charge is 2.45. The van der Waals surface area contributed by atoms with Gasteiger partial charge in [-0.1, -0.05) is 30.3 Å². The molecule has 1 fully saturated rings. The molecule has 188 valence electrons. The van der Waals surface area contributed by atoms with E-state index in [1.165, 1.54) is 0 Å². The lowest BCUT2D eigenvalue weighted by atomic mass is 9.95. The molecule has 0 spiro atoms. The molecule has 0 aliphatic carbocycles. The summed E-state index contributed by atoms with van der Waals surface area (Å²) >= 11 is 0. The Bertz CT molecular complexity index is 1470. The number of aromatic amines is 1. The molecule has 1 unspecified atom stereocenters. The molecule has 0 saturated carbocycles. The molecule has 2 N–H and O–H groups in total. The van der Waals surface area contributed by atoms with Gasteiger partial charge < -0.3 is 24.5 Å². The number of benzene rings is 3. The Balaban J connectivity index is 1.54. The molecule has 1 aliphatic heterocycles. The van der Waals surface area contributed by atoms with Gasteiger partial charge in [-0.2, -0.15) is 0 Å². The Kier molecular flexibility index (Phi) is 6.68. The lowest BCUT2D eigenvalue weighted by Gasteiger charge is -2.25. The summed E-state index contributed by atoms with van der Waals surface area (Å²) in [5.74, 6) is -0.231. The van der Waals surface area contributed by atoms with E-state index in [0.29, 0.717) is 36.6 Å². The van der Waals surface area contributed by atoms with E-state index in [1.54, 1.807) is 36.3 Å². The Hall–Kier alpha value is -4.52. The number of hydrogen-bond donors (Lipinski definition) is 2. The average molecular weight is 497 g/mol. The first-order valence-electron chi connectivity index (χ1n) is 12.2. The number of amides is 1. The number of rotatable bonds is 8. The quantitative estimate of drug-likeness (QED) is 0.198. The van der Waals surface area contributed by atoms with Gasteiger partial charge in [-0.05, 0) is 66.9 Å². The van der Waals surface area contributed by atoms with Crippen LogP contribution in [-0.4, -0.2) is 46.9 Å². The summed E-state index contributed by atoms with van der Waals surface area (Å²) in [7, 11) is 1.56. The average Bonchev–Trinajstić information content (AvgIpc) is 3.46. The molecular weight excluding hydrogens is 468 g/mol. The van der Waals surface area contributed by atoms with Crippen LogP contribution in [0.1, 0.15) is 29.7 Å². The highest BCUT2D eigenvalue weighted by atomic mass is 16.5. The number of aliphatic hydroxyl groups is 1. The number of H-pyrrole nitrogens is 1. The van der Waals surface area contributed by atoms with Gasteiger partial charge in [0.2, 0.25) is 0 Å². The van der Waals surface area contributed by atoms with Gasteiger partial charge in [0, 0.05) is 29.2 Å². The fourth-order valence-corrected chi connectivity index (χ4v) is 4.85. The summed E-state index contributed by atoms with van der Waals surface area (Å²) in [5.41, 5.74) is 3.29. The summed E-state index contributed by atoms with van der Waals surface area (Å²) < 4.78 is 10.8. The van der Waals surface area contributed by atoms with Crippen LogP contribution in [0.4, 0.5) is 0 Å². The van der Waals surface area contributed by atoms with Crippen LogP contribution >= 0.6 is 0 Å². The molecular formula is C30H28N2O5. The molecule has 1 aliphatic rings. The van der Waals surface area contributed by atoms with Gasteiger partial charge in [-0.15, -0.1) is 0 Å². The summed E-state index contributed by atoms with van der Waals surface area (Å²) in [5, 5.41) is 12.3. The van der Waals surface area contributed by atoms with E-state index in [9.17, 15) is 14.7 Å². The number of ketones is 1. The van der Waals surface area contributed by atoms with Crippen molar-refractivity contribution in [2.24, 2.45) is 0 Å². The summed E-state index contributed by atoms with van der Waals surface area (Å²) in [6.45, 7) is 2.74. The van der Waals surface area contributed by atoms with Crippen LogP contribution < -0.4 is 9.47 Å². The molecule has 4 aromatic rings. The van der Waals surface area contributed by atoms with Gasteiger partial charge in [0.25, 0.3) is 11.7 Å². The monoisotopic (exact) mass is 496 g/mol. The lowest BCUT2D eigenvalue weighted by Crippen LogP contribution is -2.31. The zero-order valence-electron chi connectivity index (χ0n) is 20.7. The zero-order chi connectivity index (χ0) is 25.9. The van der Waals surface area contributed by atoms with Crippen molar-refractivity contribution in [3.05, 3.63) is 101 Å². The maximum absolute atomic E-state index is 13.3. The summed E-state index contributed by atoms with van der Waals surface area (Å²) in [4.78, 5) is 31.4. The van der Waals surface area contributed by atoms with Gasteiger partial charge in [0.1, 0.15) is 17.3 Å². The van der Waals surface area contributed by atoms with Crippen molar-refractivity contribution in [1.29, 1.82) is 0 Å². The third-order valence-electron chi connectivity index (χ3n) is 6.71. The molecule has 7 nitrogen and oxygen atoms in total. The van der Waals surface area contributed by atoms with Crippen molar-refractivity contribution in [2.45, 2.75) is 19.4 Å². The number of para-hydroxylation sites is 1. The van der Waals surface area contributed by atoms with Crippen molar-refractivity contribution < 1.29 is 24.2 Å². The number of fused-ring (bicyclic) bond motifs is 1. The number of aromatic nitrogens is 1. The number of likely N-dealkylation sites (tertiary alicyclic amines) is 1. The van der Waals surface area contributed by atoms with Crippen molar-refractivity contribution >= 4 is 28.4 Å². The Morgan fingerprint density at radius 2 is 1.68 bits per heavy atom. The number of hydrogen-bond acceptors (Lipinski definition) is 5. The minimum Gasteiger partial charge on any atom is -0.507 e. The predicted molar refractivity (Wildman–Crippen MR) is 142 cm³/mol. The topological polar surface area (TPSA) is 91.9 Å². The van der Waals surface area contributed by atoms with Crippen LogP contribution in [0, 0.1) is 0 Å². The first kappa shape index (κ1) is 24.2. The molecule has 2 heterocycles. The van der Waals surface area contributed by atoms with Crippen LogP contribution in [0.5, 0.6) is 11.5 Å². The molecule has 37 heavy (non-hydrogen) atoms. The molecule has 3 aromatic carbocycles. The second-order valence-electron chi connectivity index (χ2n) is 8.83. The number of carbonyl (C=O) groups is 2. The molecule has 1 amide bonds. The van der Waals surface area contributed by atoms with E-state index in [-0.39, 0.29) is 11.3 Å². The number of Topliss-reactive ketones (excluding diaryl/α,β-unsaturated/α-hetero) is 1. The first-order valence-corrected chi connectivity index (χ1v) is 12.2. The number of nitrogens with zero attached hydrogens (tertiary/aromatic N) is 1. The summed E-state index contributed by atoms with van der Waals surface area (Å²) in [6.07, 6.45) is 2.48. The summed E-state index contributed by atoms with van der Waals surface area (Å²) in [6, 6.07) is 21.3. The van der Waals surface area contributed by atoms with E-state index in [4.69, 9.17) is 9.47 Å². The van der Waals surface area contributed by atoms with Crippen molar-refractivity contribution in [3.63, 3.8) is 0 Å². The minimum atomic E-state index is -0.733. The number of carbonyl (C=O) groups excluding carboxylic acids is 2. The van der Waals surface area contributed by atoms with Crippen LogP contribution in [0.3, 0.4) is 0 Å². The van der Waals surface area contributed by atoms with Gasteiger partial charge in [-0.25, -0.2) is 0 Å². The number of aliphatic hydroxyl groups excluding tert-OH is 1. The lowest BCUT2D eigenvalue weighted by molar-refractivity contribution is -0.139. The standard InChI is InChI=1S/C30H28N2O5/c1-3-37-23-14-8-19(9-15-23)27-26(28(33)20-10-12-22(36-2)13-11-20)29(34)30(35)32(27)17-16-21-18-31-25-7-5-4-6-24(21)25/h4-15,18,27,31,33H,3,16-17H2,1-2H3/b28-26+. The maximum atomic E-state index is 13.3. The van der Waals surface area contributed by atoms with Crippen LogP contribution in [0.25, 0.3) is 16.7 Å². The smallest absolute Gasteiger partial charge is 0.295 e. The van der Waals surface area contributed by atoms with Crippen molar-refractivity contribution in [2.75, 3.05) is 20.3 Å². The molecule has 1 atom stereocenters. The number of methoxy groups -OCH3 is 1. The second kappa shape index (κ2) is 10.2. The van der Waals surface area contributed by atoms with Crippen molar-refractivity contribution in [3.8, 4) is 11.5 Å². The largest absolute Gasteiger partial charge is 0.507 e. The SMILES string of the molecule is CCOc1ccc(C2/C(=C(\O)c3ccc(OC)cc3)C(=O)C(=O)N2CCc2c[nH]c3ccccc23)cc1. The normalized spacial score (nSPS) is 16.9. The highest BCUT2D eigenvalue weighted by Crippen LogP contribution is 2.40. The van der Waals surface area contributed by atoms with Crippen LogP contribution in [0.2, 0.25) is 0 Å². The first-order chi connectivity index (χ1) is 18.0. The fourth-order valence-electron chi connectivity index (χ4n) is 4.85. The molecule has 7 heteroatoms. The number of nitrogens with one attached hydrogen (secondary N) is 1. The van der Waals surface area contributed by atoms with Gasteiger partial charge >= 0.3 is 0 Å². The highest BCUT2D eigenvalue weighted by molar-refractivity contribution is 6.46. The van der Waals surface area contributed by atoms with E-state index in [0.717, 1.165) is 22.0 Å². The molecule has 1 aromatic heterocycles. The van der Waals surface area contributed by atoms with E-state index < -0.39 is 17.7 Å². The molecule has 1 saturated heterocycles. The van der Waals surface area contributed by atoms with Gasteiger partial charge in [0.05, 0.1) is 25.3 Å². The second-order valence-corrected chi connectivity index (χ2v) is 8.83. The van der Waals surface area contributed by atoms with E-state index in [2.05, 4.69) is 4.98 Å². The Morgan fingerprint density at radius 3 is 2.38 bits per heavy atom. The van der Waals surface area contributed by atoms with Gasteiger partial charge in [0.15, 0.2) is 0 Å². The third-order valence-corrected chi connectivity index (χ3v) is 6.71. The fraction of sp³-hybridized carbons (Fsp3) is 0.200. The van der Waals surface area contributed by atoms with Crippen LogP contribution in [0.15, 0.2) is 84.6 Å². The van der Waals surface area contributed by atoms with Crippen molar-refractivity contribution in [1.82, 2.24) is 9.88 Å². The van der Waals surface area contributed by atoms with E-state index >= 15 is 0 Å². The molecule has 0 bridgehead atoms.